The second kappa shape index (κ2) is 9.62. The van der Waals surface area contributed by atoms with Gasteiger partial charge in [0, 0.05) is 15.7 Å². The molecule has 0 bridgehead atoms. The number of anilines is 1. The highest BCUT2D eigenvalue weighted by atomic mass is 35.5. The van der Waals surface area contributed by atoms with Crippen molar-refractivity contribution in [3.63, 3.8) is 0 Å². The number of rotatable bonds is 7. The zero-order chi connectivity index (χ0) is 21.7. The fourth-order valence-electron chi connectivity index (χ4n) is 2.89. The van der Waals surface area contributed by atoms with Gasteiger partial charge in [-0.2, -0.15) is 4.72 Å². The maximum Gasteiger partial charge on any atom is 0.242 e. The smallest absolute Gasteiger partial charge is 0.242 e. The summed E-state index contributed by atoms with van der Waals surface area (Å²) in [4.78, 5) is 13.1. The summed E-state index contributed by atoms with van der Waals surface area (Å²) in [5, 5.41) is 3.77. The van der Waals surface area contributed by atoms with E-state index in [2.05, 4.69) is 10.0 Å². The molecular formula is C22H20Cl2N2O3S. The Bertz CT molecular complexity index is 1130. The number of carbonyl (C=O) groups is 1. The van der Waals surface area contributed by atoms with Crippen LogP contribution < -0.4 is 10.0 Å². The molecule has 0 radical (unpaired) electrons. The fraction of sp³-hybridized carbons (Fsp3) is 0.136. The lowest BCUT2D eigenvalue weighted by atomic mass is 10.1. The minimum absolute atomic E-state index is 0.0282. The van der Waals surface area contributed by atoms with Crippen LogP contribution in [0.2, 0.25) is 10.0 Å². The van der Waals surface area contributed by atoms with Crippen LogP contribution in [0.25, 0.3) is 0 Å². The van der Waals surface area contributed by atoms with Gasteiger partial charge >= 0.3 is 0 Å². The first-order valence-electron chi connectivity index (χ1n) is 9.13. The molecule has 0 aliphatic carbocycles. The third-order valence-electron chi connectivity index (χ3n) is 4.47. The van der Waals surface area contributed by atoms with Crippen molar-refractivity contribution in [1.82, 2.24) is 4.72 Å². The zero-order valence-corrected chi connectivity index (χ0v) is 18.4. The predicted octanol–water partition coefficient (Wildman–Crippen LogP) is 4.83. The number of benzene rings is 3. The summed E-state index contributed by atoms with van der Waals surface area (Å²) >= 11 is 11.8. The third kappa shape index (κ3) is 5.83. The van der Waals surface area contributed by atoms with Crippen LogP contribution in [0.15, 0.2) is 77.7 Å². The molecule has 0 saturated carbocycles. The number of hydrogen-bond donors (Lipinski definition) is 2. The molecule has 30 heavy (non-hydrogen) atoms. The van der Waals surface area contributed by atoms with E-state index in [9.17, 15) is 13.2 Å². The molecule has 0 spiro atoms. The summed E-state index contributed by atoms with van der Waals surface area (Å²) in [5.74, 6) is -0.471. The van der Waals surface area contributed by atoms with Gasteiger partial charge in [-0.05, 0) is 66.9 Å². The van der Waals surface area contributed by atoms with Crippen molar-refractivity contribution in [3.8, 4) is 0 Å². The molecule has 1 atom stereocenters. The molecule has 3 aromatic rings. The van der Waals surface area contributed by atoms with Crippen molar-refractivity contribution in [1.29, 1.82) is 0 Å². The molecule has 156 valence electrons. The molecule has 3 rings (SSSR count). The van der Waals surface area contributed by atoms with Crippen LogP contribution in [0, 0.1) is 6.92 Å². The number of sulfonamides is 1. The summed E-state index contributed by atoms with van der Waals surface area (Å²) < 4.78 is 28.2. The number of carbonyl (C=O) groups excluding carboxylic acids is 1. The molecule has 2 N–H and O–H groups in total. The lowest BCUT2D eigenvalue weighted by molar-refractivity contribution is -0.117. The normalized spacial score (nSPS) is 12.4. The monoisotopic (exact) mass is 462 g/mol. The Labute approximate surface area is 186 Å². The summed E-state index contributed by atoms with van der Waals surface area (Å²) in [6.45, 7) is 1.81. The average molecular weight is 463 g/mol. The summed E-state index contributed by atoms with van der Waals surface area (Å²) in [6.07, 6.45) is 0.187. The van der Waals surface area contributed by atoms with E-state index in [-0.39, 0.29) is 11.3 Å². The van der Waals surface area contributed by atoms with E-state index in [0.29, 0.717) is 15.7 Å². The SMILES string of the molecule is Cc1cc(Cl)ccc1NC(=O)[C@@H](Cc1ccccc1)NS(=O)(=O)c1ccc(Cl)cc1. The van der Waals surface area contributed by atoms with Gasteiger partial charge in [0.25, 0.3) is 0 Å². The first kappa shape index (κ1) is 22.3. The van der Waals surface area contributed by atoms with Crippen LogP contribution in [-0.2, 0) is 21.2 Å². The Hall–Kier alpha value is -2.38. The average Bonchev–Trinajstić information content (AvgIpc) is 2.70. The highest BCUT2D eigenvalue weighted by Gasteiger charge is 2.26. The van der Waals surface area contributed by atoms with Gasteiger partial charge in [0.2, 0.25) is 15.9 Å². The summed E-state index contributed by atoms with van der Waals surface area (Å²) in [5.41, 5.74) is 2.16. The fourth-order valence-corrected chi connectivity index (χ4v) is 4.44. The zero-order valence-electron chi connectivity index (χ0n) is 16.1. The molecule has 0 fully saturated rings. The number of halogens is 2. The molecule has 3 aromatic carbocycles. The summed E-state index contributed by atoms with van der Waals surface area (Å²) in [6, 6.07) is 19.0. The first-order valence-corrected chi connectivity index (χ1v) is 11.4. The standard InChI is InChI=1S/C22H20Cl2N2O3S/c1-15-13-18(24)9-12-20(15)25-22(27)21(14-16-5-3-2-4-6-16)26-30(28,29)19-10-7-17(23)8-11-19/h2-13,21,26H,14H2,1H3,(H,25,27)/t21-/m1/s1. The molecule has 0 saturated heterocycles. The first-order chi connectivity index (χ1) is 14.2. The second-order valence-electron chi connectivity index (χ2n) is 6.77. The predicted molar refractivity (Wildman–Crippen MR) is 121 cm³/mol. The quantitative estimate of drug-likeness (QED) is 0.527. The highest BCUT2D eigenvalue weighted by molar-refractivity contribution is 7.89. The summed E-state index contributed by atoms with van der Waals surface area (Å²) in [7, 11) is -3.94. The van der Waals surface area contributed by atoms with E-state index in [1.54, 1.807) is 18.2 Å². The minimum atomic E-state index is -3.94. The number of amides is 1. The molecular weight excluding hydrogens is 443 g/mol. The number of hydrogen-bond acceptors (Lipinski definition) is 3. The van der Waals surface area contributed by atoms with Crippen molar-refractivity contribution >= 4 is 44.8 Å². The minimum Gasteiger partial charge on any atom is -0.324 e. The van der Waals surface area contributed by atoms with Crippen LogP contribution >= 0.6 is 23.2 Å². The van der Waals surface area contributed by atoms with E-state index >= 15 is 0 Å². The lowest BCUT2D eigenvalue weighted by Gasteiger charge is -2.19. The molecule has 1 amide bonds. The van der Waals surface area contributed by atoms with Gasteiger partial charge in [0.05, 0.1) is 4.90 Å². The second-order valence-corrected chi connectivity index (χ2v) is 9.35. The molecule has 0 heterocycles. The molecule has 8 heteroatoms. The van der Waals surface area contributed by atoms with Crippen molar-refractivity contribution in [2.75, 3.05) is 5.32 Å². The Morgan fingerprint density at radius 2 is 1.57 bits per heavy atom. The van der Waals surface area contributed by atoms with Crippen molar-refractivity contribution in [2.45, 2.75) is 24.3 Å². The van der Waals surface area contributed by atoms with Gasteiger partial charge in [0.15, 0.2) is 0 Å². The van der Waals surface area contributed by atoms with Gasteiger partial charge in [-0.25, -0.2) is 8.42 Å². The topological polar surface area (TPSA) is 75.3 Å². The number of aryl methyl sites for hydroxylation is 1. The Morgan fingerprint density at radius 1 is 0.933 bits per heavy atom. The van der Waals surface area contributed by atoms with Crippen molar-refractivity contribution in [3.05, 3.63) is 94.0 Å². The Balaban J connectivity index is 1.87. The number of nitrogens with one attached hydrogen (secondary N) is 2. The van der Waals surface area contributed by atoms with Crippen LogP contribution in [0.4, 0.5) is 5.69 Å². The van der Waals surface area contributed by atoms with Gasteiger partial charge < -0.3 is 5.32 Å². The molecule has 0 aliphatic rings. The van der Waals surface area contributed by atoms with Crippen molar-refractivity contribution < 1.29 is 13.2 Å². The van der Waals surface area contributed by atoms with Gasteiger partial charge in [-0.15, -0.1) is 0 Å². The highest BCUT2D eigenvalue weighted by Crippen LogP contribution is 2.21. The van der Waals surface area contributed by atoms with E-state index < -0.39 is 22.0 Å². The third-order valence-corrected chi connectivity index (χ3v) is 6.44. The van der Waals surface area contributed by atoms with E-state index in [4.69, 9.17) is 23.2 Å². The van der Waals surface area contributed by atoms with Crippen molar-refractivity contribution in [2.24, 2.45) is 0 Å². The van der Waals surface area contributed by atoms with E-state index in [1.807, 2.05) is 37.3 Å². The van der Waals surface area contributed by atoms with Crippen LogP contribution in [0.1, 0.15) is 11.1 Å². The Morgan fingerprint density at radius 3 is 2.20 bits per heavy atom. The van der Waals surface area contributed by atoms with Gasteiger partial charge in [-0.1, -0.05) is 53.5 Å². The van der Waals surface area contributed by atoms with E-state index in [0.717, 1.165) is 11.1 Å². The Kier molecular flexibility index (Phi) is 7.15. The largest absolute Gasteiger partial charge is 0.324 e. The van der Waals surface area contributed by atoms with Crippen LogP contribution in [0.3, 0.4) is 0 Å². The maximum atomic E-state index is 13.0. The van der Waals surface area contributed by atoms with Crippen LogP contribution in [-0.4, -0.2) is 20.4 Å². The molecule has 5 nitrogen and oxygen atoms in total. The maximum absolute atomic E-state index is 13.0. The van der Waals surface area contributed by atoms with Gasteiger partial charge in [-0.3, -0.25) is 4.79 Å². The van der Waals surface area contributed by atoms with Gasteiger partial charge in [0.1, 0.15) is 6.04 Å². The molecule has 0 unspecified atom stereocenters. The van der Waals surface area contributed by atoms with Crippen LogP contribution in [0.5, 0.6) is 0 Å². The molecule has 0 aliphatic heterocycles. The molecule has 0 aromatic heterocycles. The van der Waals surface area contributed by atoms with E-state index in [1.165, 1.54) is 24.3 Å². The lowest BCUT2D eigenvalue weighted by Crippen LogP contribution is -2.45.